The maximum atomic E-state index is 14.8. The Morgan fingerprint density at radius 1 is 0.299 bits per heavy atom. The molecule has 8 fully saturated rings. The zero-order chi connectivity index (χ0) is 90.5. The number of rotatable bonds is 32. The Balaban J connectivity index is 0.000000174. The molecular formula is C122H183FO4. The van der Waals surface area contributed by atoms with Crippen molar-refractivity contribution < 1.29 is 23.5 Å². The Bertz CT molecular complexity index is 3930. The molecule has 6 aromatic rings. The standard InChI is InChI=1S/C26H21FO4.C22H34.C20H38.C19H36.C18H22.C17H32/c1-16(2)25(28)30-21-10-5-18(6-11-21)20-9-14-23(24(27)15-20)19-7-12-22(13-8-19)31-26(29)17(3)4;1-3-4-18-7-11-20(12-8-18)22-15-13-21(14-16-22)19-9-5-17(2)6-10-19;1-3-5-6-8-18-11-15-20(16-12-18)19-13-9-17(7-4-2)10-14-19;1-3-5-7-17-10-14-19(15-11-17)18-12-8-16(6-4-2)9-13-18;1-3-4-5-6-16-9-13-18(14-10-16)17-11-7-15(2)8-12-17;1-3-5-15-8-12-17(13-9-15)16-10-6-14(4-2)7-11-16/h5-15H,1,3H2,2,4H3;5-6,9-10,18,20-22H,3-4,7-8,11-16H2,1-2H3;17-20H,3-16H2,1-2H3;16-19H,3-15H2,1-2H3;7-14H,3-6H2,1-2H3;14-17H,3-13H2,1-2H3. The van der Waals surface area contributed by atoms with Crippen LogP contribution in [-0.4, -0.2) is 11.9 Å². The fourth-order valence-corrected chi connectivity index (χ4v) is 24.3. The molecule has 0 saturated heterocycles. The van der Waals surface area contributed by atoms with Gasteiger partial charge in [-0.25, -0.2) is 14.0 Å². The monoisotopic (exact) mass is 1730 g/mol. The second kappa shape index (κ2) is 58.5. The summed E-state index contributed by atoms with van der Waals surface area (Å²) in [6, 6.07) is 45.4. The van der Waals surface area contributed by atoms with Crippen LogP contribution in [0.5, 0.6) is 11.5 Å². The normalized spacial score (nSPS) is 25.9. The molecular weight excluding hydrogens is 1550 g/mol. The Morgan fingerprint density at radius 3 is 0.913 bits per heavy atom. The van der Waals surface area contributed by atoms with Crippen LogP contribution in [-0.2, 0) is 16.0 Å². The van der Waals surface area contributed by atoms with Crippen LogP contribution in [0.4, 0.5) is 4.39 Å². The van der Waals surface area contributed by atoms with Crippen LogP contribution in [0.3, 0.4) is 0 Å². The molecule has 4 nitrogen and oxygen atoms in total. The highest BCUT2D eigenvalue weighted by molar-refractivity contribution is 5.89. The zero-order valence-corrected chi connectivity index (χ0v) is 83.2. The number of unbranched alkanes of at least 4 members (excludes halogenated alkanes) is 5. The first kappa shape index (κ1) is 104. The van der Waals surface area contributed by atoms with Crippen molar-refractivity contribution in [2.24, 2.45) is 88.8 Å². The average molecular weight is 1730 g/mol. The summed E-state index contributed by atoms with van der Waals surface area (Å²) in [6.07, 6.45) is 77.7. The maximum Gasteiger partial charge on any atom is 0.338 e. The smallest absolute Gasteiger partial charge is 0.338 e. The van der Waals surface area contributed by atoms with Gasteiger partial charge in [-0.1, -0.05) is 394 Å². The van der Waals surface area contributed by atoms with Crippen molar-refractivity contribution >= 4 is 11.9 Å². The molecule has 0 N–H and O–H groups in total. The molecule has 0 aliphatic heterocycles. The molecule has 0 atom stereocenters. The summed E-state index contributed by atoms with van der Waals surface area (Å²) >= 11 is 0. The van der Waals surface area contributed by atoms with Gasteiger partial charge < -0.3 is 9.47 Å². The minimum atomic E-state index is -0.510. The number of hydrogen-bond acceptors (Lipinski definition) is 4. The molecule has 14 rings (SSSR count). The van der Waals surface area contributed by atoms with Crippen LogP contribution in [0.25, 0.3) is 33.4 Å². The number of ether oxygens (including phenoxy) is 2. The van der Waals surface area contributed by atoms with E-state index in [9.17, 15) is 14.0 Å². The Kier molecular flexibility index (Phi) is 48.1. The summed E-state index contributed by atoms with van der Waals surface area (Å²) in [5.74, 6) is 16.5. The lowest BCUT2D eigenvalue weighted by atomic mass is 9.68. The first-order chi connectivity index (χ1) is 61.8. The molecule has 702 valence electrons. The lowest BCUT2D eigenvalue weighted by Crippen LogP contribution is -2.25. The van der Waals surface area contributed by atoms with Gasteiger partial charge in [-0.2, -0.15) is 0 Å². The van der Waals surface area contributed by atoms with Crippen LogP contribution in [0, 0.1) is 108 Å². The number of hydrogen-bond donors (Lipinski definition) is 0. The first-order valence-corrected chi connectivity index (χ1v) is 53.8. The molecule has 0 aromatic heterocycles. The van der Waals surface area contributed by atoms with Gasteiger partial charge in [-0.3, -0.25) is 0 Å². The number of carbonyl (C=O) groups is 2. The van der Waals surface area contributed by atoms with Crippen molar-refractivity contribution in [1.82, 2.24) is 0 Å². The third-order valence-electron chi connectivity index (χ3n) is 32.6. The molecule has 8 aliphatic rings. The summed E-state index contributed by atoms with van der Waals surface area (Å²) in [5.41, 5.74) is 11.5. The predicted octanol–water partition coefficient (Wildman–Crippen LogP) is 37.8. The highest BCUT2D eigenvalue weighted by Crippen LogP contribution is 2.49. The van der Waals surface area contributed by atoms with Crippen molar-refractivity contribution in [1.29, 1.82) is 0 Å². The summed E-state index contributed by atoms with van der Waals surface area (Å²) in [7, 11) is 0. The number of esters is 2. The van der Waals surface area contributed by atoms with Crippen LogP contribution in [0.2, 0.25) is 0 Å². The van der Waals surface area contributed by atoms with E-state index < -0.39 is 11.9 Å². The van der Waals surface area contributed by atoms with Crippen LogP contribution in [0.1, 0.15) is 425 Å². The van der Waals surface area contributed by atoms with Gasteiger partial charge in [0.15, 0.2) is 0 Å². The van der Waals surface area contributed by atoms with Crippen molar-refractivity contribution in [3.8, 4) is 44.9 Å². The van der Waals surface area contributed by atoms with E-state index in [1.807, 2.05) is 6.07 Å². The van der Waals surface area contributed by atoms with Gasteiger partial charge in [-0.15, -0.1) is 0 Å². The fourth-order valence-electron chi connectivity index (χ4n) is 24.3. The topological polar surface area (TPSA) is 52.6 Å². The molecule has 8 aliphatic carbocycles. The van der Waals surface area contributed by atoms with E-state index in [0.29, 0.717) is 39.3 Å². The van der Waals surface area contributed by atoms with Crippen LogP contribution < -0.4 is 9.47 Å². The zero-order valence-electron chi connectivity index (χ0n) is 83.2. The number of benzene rings is 6. The average Bonchev–Trinajstić information content (AvgIpc) is 0.819. The molecule has 127 heavy (non-hydrogen) atoms. The quantitative estimate of drug-likeness (QED) is 0.0183. The molecule has 0 amide bonds. The van der Waals surface area contributed by atoms with Gasteiger partial charge >= 0.3 is 11.9 Å². The molecule has 0 bridgehead atoms. The molecule has 0 unspecified atom stereocenters. The number of carbonyl (C=O) groups excluding carboxylic acids is 2. The van der Waals surface area contributed by atoms with E-state index in [-0.39, 0.29) is 5.82 Å². The van der Waals surface area contributed by atoms with Gasteiger partial charge in [0.25, 0.3) is 0 Å². The summed E-state index contributed by atoms with van der Waals surface area (Å²) in [6.45, 7) is 33.2. The van der Waals surface area contributed by atoms with E-state index >= 15 is 0 Å². The molecule has 5 heteroatoms. The minimum absolute atomic E-state index is 0.299. The third-order valence-corrected chi connectivity index (χ3v) is 32.6. The summed E-state index contributed by atoms with van der Waals surface area (Å²) < 4.78 is 25.1. The molecule has 0 spiro atoms. The lowest BCUT2D eigenvalue weighted by Gasteiger charge is -2.38. The van der Waals surface area contributed by atoms with Gasteiger partial charge in [0, 0.05) is 16.7 Å². The highest BCUT2D eigenvalue weighted by Gasteiger charge is 2.35. The van der Waals surface area contributed by atoms with Gasteiger partial charge in [0.1, 0.15) is 17.3 Å². The van der Waals surface area contributed by atoms with Crippen molar-refractivity contribution in [2.45, 2.75) is 423 Å². The van der Waals surface area contributed by atoms with Gasteiger partial charge in [-0.05, 0) is 320 Å². The summed E-state index contributed by atoms with van der Waals surface area (Å²) in [5, 5.41) is 0. The van der Waals surface area contributed by atoms with E-state index in [1.165, 1.54) is 227 Å². The van der Waals surface area contributed by atoms with Crippen molar-refractivity contribution in [3.05, 3.63) is 192 Å². The number of halogens is 1. The van der Waals surface area contributed by atoms with E-state index in [1.54, 1.807) is 215 Å². The Hall–Kier alpha value is -6.33. The predicted molar refractivity (Wildman–Crippen MR) is 546 cm³/mol. The second-order valence-electron chi connectivity index (χ2n) is 42.3. The third kappa shape index (κ3) is 36.6. The Labute approximate surface area is 778 Å². The largest absolute Gasteiger partial charge is 0.423 e. The van der Waals surface area contributed by atoms with Crippen molar-refractivity contribution in [2.75, 3.05) is 0 Å². The van der Waals surface area contributed by atoms with Gasteiger partial charge in [0.05, 0.1) is 0 Å². The first-order valence-electron chi connectivity index (χ1n) is 53.8. The molecule has 0 radical (unpaired) electrons. The van der Waals surface area contributed by atoms with E-state index in [2.05, 4.69) is 155 Å². The molecule has 0 heterocycles. The minimum Gasteiger partial charge on any atom is -0.423 e. The Morgan fingerprint density at radius 2 is 0.583 bits per heavy atom. The van der Waals surface area contributed by atoms with Crippen molar-refractivity contribution in [3.63, 3.8) is 0 Å². The van der Waals surface area contributed by atoms with E-state index in [4.69, 9.17) is 9.47 Å². The second-order valence-corrected chi connectivity index (χ2v) is 42.3. The molecule has 6 aromatic carbocycles. The lowest BCUT2D eigenvalue weighted by molar-refractivity contribution is -0.130. The van der Waals surface area contributed by atoms with Gasteiger partial charge in [0.2, 0.25) is 0 Å². The maximum absolute atomic E-state index is 14.8. The van der Waals surface area contributed by atoms with Crippen LogP contribution >= 0.6 is 0 Å². The summed E-state index contributed by atoms with van der Waals surface area (Å²) in [4.78, 5) is 23.2. The fraction of sp³-hybridized carbons (Fsp3) is 0.656. The number of aryl methyl sites for hydroxylation is 3. The molecule has 8 saturated carbocycles. The van der Waals surface area contributed by atoms with E-state index in [0.717, 1.165) is 100 Å². The SMILES string of the molecule is C=C(C)C(=O)Oc1ccc(-c2ccc(-c3ccc(OC(=O)C(=C)C)cc3)c(F)c2)cc1.CCCC1CCC(C2CCC(CC)CC2)CC1.CCCC1CCC(C2CCC(c3ccc(C)cc3)CC2)CC1.CCCCC1CCC(C2CCC(CCC)CC2)CC1.CCCCCC1CCC(C2CCC(CCC)CC2)CC1.CCCCCc1ccc(-c2ccc(C)cc2)cc1. The van der Waals surface area contributed by atoms with Crippen LogP contribution in [0.15, 0.2) is 164 Å². The highest BCUT2D eigenvalue weighted by atomic mass is 19.1.